The van der Waals surface area contributed by atoms with Gasteiger partial charge in [0.25, 0.3) is 0 Å². The number of ether oxygens (including phenoxy) is 1. The lowest BCUT2D eigenvalue weighted by molar-refractivity contribution is 0.121. The number of methoxy groups -OCH3 is 1. The summed E-state index contributed by atoms with van der Waals surface area (Å²) in [6, 6.07) is 3.19. The molecule has 21 heavy (non-hydrogen) atoms. The van der Waals surface area contributed by atoms with Crippen LogP contribution in [-0.4, -0.2) is 58.2 Å². The van der Waals surface area contributed by atoms with Crippen molar-refractivity contribution in [1.82, 2.24) is 14.6 Å². The monoisotopic (exact) mass is 313 g/mol. The molecule has 7 heteroatoms. The highest BCUT2D eigenvalue weighted by Crippen LogP contribution is 2.17. The van der Waals surface area contributed by atoms with E-state index in [1.165, 1.54) is 6.20 Å². The van der Waals surface area contributed by atoms with Crippen LogP contribution in [0.15, 0.2) is 29.4 Å². The van der Waals surface area contributed by atoms with Crippen molar-refractivity contribution in [2.45, 2.75) is 17.7 Å². The van der Waals surface area contributed by atoms with Gasteiger partial charge >= 0.3 is 0 Å². The van der Waals surface area contributed by atoms with E-state index in [4.69, 9.17) is 4.74 Å². The van der Waals surface area contributed by atoms with Crippen LogP contribution in [0.4, 0.5) is 0 Å². The first-order chi connectivity index (χ1) is 10.1. The quantitative estimate of drug-likeness (QED) is 0.803. The van der Waals surface area contributed by atoms with Crippen molar-refractivity contribution in [2.75, 3.05) is 39.9 Å². The van der Waals surface area contributed by atoms with Crippen LogP contribution in [0.1, 0.15) is 12.8 Å². The number of nitrogens with zero attached hydrogens (tertiary/aromatic N) is 2. The van der Waals surface area contributed by atoms with Gasteiger partial charge in [-0.1, -0.05) is 0 Å². The first-order valence-corrected chi connectivity index (χ1v) is 8.71. The molecule has 1 saturated heterocycles. The zero-order valence-electron chi connectivity index (χ0n) is 12.4. The smallest absolute Gasteiger partial charge is 0.242 e. The number of likely N-dealkylation sites (tertiary alicyclic amines) is 1. The second-order valence-corrected chi connectivity index (χ2v) is 7.09. The van der Waals surface area contributed by atoms with E-state index in [0.717, 1.165) is 39.1 Å². The summed E-state index contributed by atoms with van der Waals surface area (Å²) in [6.07, 6.45) is 4.96. The predicted molar refractivity (Wildman–Crippen MR) is 80.5 cm³/mol. The van der Waals surface area contributed by atoms with Crippen molar-refractivity contribution < 1.29 is 13.2 Å². The standard InChI is InChI=1S/C14H23N3O3S/c1-20-10-9-17-7-4-13(5-8-17)11-16-21(18,19)14-3-2-6-15-12-14/h2-3,6,12-13,16H,4-5,7-11H2,1H3. The minimum atomic E-state index is -3.43. The second kappa shape index (κ2) is 7.84. The summed E-state index contributed by atoms with van der Waals surface area (Å²) in [4.78, 5) is 6.43. The minimum Gasteiger partial charge on any atom is -0.383 e. The van der Waals surface area contributed by atoms with Gasteiger partial charge in [-0.2, -0.15) is 0 Å². The van der Waals surface area contributed by atoms with Crippen molar-refractivity contribution in [3.8, 4) is 0 Å². The molecule has 6 nitrogen and oxygen atoms in total. The van der Waals surface area contributed by atoms with E-state index in [9.17, 15) is 8.42 Å². The van der Waals surface area contributed by atoms with Crippen LogP contribution >= 0.6 is 0 Å². The number of hydrogen-bond acceptors (Lipinski definition) is 5. The number of pyridine rings is 1. The van der Waals surface area contributed by atoms with Gasteiger partial charge in [0.1, 0.15) is 4.90 Å². The molecule has 1 aliphatic rings. The van der Waals surface area contributed by atoms with Crippen LogP contribution in [0.5, 0.6) is 0 Å². The highest BCUT2D eigenvalue weighted by atomic mass is 32.2. The number of hydrogen-bond donors (Lipinski definition) is 1. The minimum absolute atomic E-state index is 0.225. The van der Waals surface area contributed by atoms with E-state index in [0.29, 0.717) is 12.5 Å². The number of sulfonamides is 1. The van der Waals surface area contributed by atoms with Gasteiger partial charge in [0.05, 0.1) is 6.61 Å². The van der Waals surface area contributed by atoms with E-state index in [1.807, 2.05) is 0 Å². The summed E-state index contributed by atoms with van der Waals surface area (Å²) >= 11 is 0. The molecule has 1 N–H and O–H groups in total. The molecule has 2 heterocycles. The third-order valence-corrected chi connectivity index (χ3v) is 5.23. The van der Waals surface area contributed by atoms with Gasteiger partial charge < -0.3 is 9.64 Å². The molecule has 2 rings (SSSR count). The SMILES string of the molecule is COCCN1CCC(CNS(=O)(=O)c2cccnc2)CC1. The number of rotatable bonds is 7. The Hall–Kier alpha value is -1.02. The van der Waals surface area contributed by atoms with E-state index in [-0.39, 0.29) is 4.90 Å². The highest BCUT2D eigenvalue weighted by molar-refractivity contribution is 7.89. The fourth-order valence-electron chi connectivity index (χ4n) is 2.45. The Morgan fingerprint density at radius 1 is 1.43 bits per heavy atom. The largest absolute Gasteiger partial charge is 0.383 e. The molecule has 0 aromatic carbocycles. The summed E-state index contributed by atoms with van der Waals surface area (Å²) in [7, 11) is -1.73. The number of nitrogens with one attached hydrogen (secondary N) is 1. The zero-order chi connectivity index (χ0) is 15.1. The van der Waals surface area contributed by atoms with Gasteiger partial charge in [-0.3, -0.25) is 4.98 Å². The van der Waals surface area contributed by atoms with Crippen LogP contribution in [-0.2, 0) is 14.8 Å². The molecule has 1 aromatic heterocycles. The van der Waals surface area contributed by atoms with Gasteiger partial charge in [0.15, 0.2) is 0 Å². The van der Waals surface area contributed by atoms with E-state index >= 15 is 0 Å². The third kappa shape index (κ3) is 5.03. The molecular weight excluding hydrogens is 290 g/mol. The van der Waals surface area contributed by atoms with Crippen molar-refractivity contribution in [2.24, 2.45) is 5.92 Å². The molecule has 118 valence electrons. The molecule has 0 saturated carbocycles. The normalized spacial score (nSPS) is 18.0. The van der Waals surface area contributed by atoms with Crippen molar-refractivity contribution >= 4 is 10.0 Å². The van der Waals surface area contributed by atoms with Gasteiger partial charge in [-0.25, -0.2) is 13.1 Å². The predicted octanol–water partition coefficient (Wildman–Crippen LogP) is 0.718. The van der Waals surface area contributed by atoms with E-state index in [2.05, 4.69) is 14.6 Å². The molecular formula is C14H23N3O3S. The Labute approximate surface area is 126 Å². The summed E-state index contributed by atoms with van der Waals surface area (Å²) in [5.41, 5.74) is 0. The fraction of sp³-hybridized carbons (Fsp3) is 0.643. The maximum absolute atomic E-state index is 12.1. The van der Waals surface area contributed by atoms with E-state index in [1.54, 1.807) is 25.4 Å². The lowest BCUT2D eigenvalue weighted by Gasteiger charge is -2.31. The third-order valence-electron chi connectivity index (χ3n) is 3.83. The summed E-state index contributed by atoms with van der Waals surface area (Å²) < 4.78 is 32.0. The zero-order valence-corrected chi connectivity index (χ0v) is 13.2. The number of aromatic nitrogens is 1. The van der Waals surface area contributed by atoms with Gasteiger partial charge in [-0.05, 0) is 44.0 Å². The average molecular weight is 313 g/mol. The molecule has 1 fully saturated rings. The van der Waals surface area contributed by atoms with Crippen molar-refractivity contribution in [1.29, 1.82) is 0 Å². The van der Waals surface area contributed by atoms with Crippen molar-refractivity contribution in [3.63, 3.8) is 0 Å². The Balaban J connectivity index is 1.77. The van der Waals surface area contributed by atoms with Gasteiger partial charge in [0, 0.05) is 32.6 Å². The van der Waals surface area contributed by atoms with Gasteiger partial charge in [0.2, 0.25) is 10.0 Å². The van der Waals surface area contributed by atoms with Crippen LogP contribution < -0.4 is 4.72 Å². The van der Waals surface area contributed by atoms with Crippen molar-refractivity contribution in [3.05, 3.63) is 24.5 Å². The van der Waals surface area contributed by atoms with Crippen LogP contribution in [0.25, 0.3) is 0 Å². The molecule has 1 aromatic rings. The lowest BCUT2D eigenvalue weighted by atomic mass is 9.97. The molecule has 0 amide bonds. The van der Waals surface area contributed by atoms with Crippen LogP contribution in [0, 0.1) is 5.92 Å². The molecule has 0 atom stereocenters. The molecule has 1 aliphatic heterocycles. The second-order valence-electron chi connectivity index (χ2n) is 5.32. The maximum Gasteiger partial charge on any atom is 0.242 e. The molecule has 0 spiro atoms. The average Bonchev–Trinajstić information content (AvgIpc) is 2.53. The van der Waals surface area contributed by atoms with Crippen LogP contribution in [0.2, 0.25) is 0 Å². The summed E-state index contributed by atoms with van der Waals surface area (Å²) in [5.74, 6) is 0.398. The topological polar surface area (TPSA) is 71.5 Å². The fourth-order valence-corrected chi connectivity index (χ4v) is 3.53. The first kappa shape index (κ1) is 16.4. The molecule has 0 radical (unpaired) electrons. The lowest BCUT2D eigenvalue weighted by Crippen LogP contribution is -2.39. The summed E-state index contributed by atoms with van der Waals surface area (Å²) in [5, 5.41) is 0. The Morgan fingerprint density at radius 3 is 2.81 bits per heavy atom. The van der Waals surface area contributed by atoms with Crippen LogP contribution in [0.3, 0.4) is 0 Å². The Morgan fingerprint density at radius 2 is 2.19 bits per heavy atom. The Kier molecular flexibility index (Phi) is 6.10. The number of piperidine rings is 1. The first-order valence-electron chi connectivity index (χ1n) is 7.23. The molecule has 0 bridgehead atoms. The maximum atomic E-state index is 12.1. The molecule has 0 aliphatic carbocycles. The highest BCUT2D eigenvalue weighted by Gasteiger charge is 2.21. The Bertz CT molecular complexity index is 514. The molecule has 0 unspecified atom stereocenters. The summed E-state index contributed by atoms with van der Waals surface area (Å²) in [6.45, 7) is 4.20. The van der Waals surface area contributed by atoms with Gasteiger partial charge in [-0.15, -0.1) is 0 Å². The van der Waals surface area contributed by atoms with E-state index < -0.39 is 10.0 Å².